The van der Waals surface area contributed by atoms with Crippen molar-refractivity contribution < 1.29 is 4.79 Å². The quantitative estimate of drug-likeness (QED) is 0.530. The van der Waals surface area contributed by atoms with Crippen molar-refractivity contribution in [2.75, 3.05) is 7.05 Å². The molecule has 1 radical (unpaired) electrons. The molecule has 0 aliphatic carbocycles. The second-order valence-electron chi connectivity index (χ2n) is 2.20. The molecule has 0 unspecified atom stereocenters. The van der Waals surface area contributed by atoms with Gasteiger partial charge in [-0.05, 0) is 6.92 Å². The molecule has 0 saturated carbocycles. The zero-order valence-electron chi connectivity index (χ0n) is 6.03. The number of aliphatic imine (C=N–C) groups is 1. The van der Waals surface area contributed by atoms with Crippen molar-refractivity contribution in [3.63, 3.8) is 0 Å². The molecule has 1 rings (SSSR count). The minimum absolute atomic E-state index is 0.0451. The minimum atomic E-state index is 0.0451. The molecule has 0 amide bonds. The molecule has 0 N–H and O–H groups in total. The lowest BCUT2D eigenvalue weighted by atomic mass is 10.2. The van der Waals surface area contributed by atoms with Crippen molar-refractivity contribution in [1.82, 2.24) is 4.90 Å². The summed E-state index contributed by atoms with van der Waals surface area (Å²) in [5.41, 5.74) is 0.644. The molecule has 10 heavy (non-hydrogen) atoms. The van der Waals surface area contributed by atoms with Crippen molar-refractivity contribution in [2.45, 2.75) is 6.92 Å². The monoisotopic (exact) mass is 137 g/mol. The summed E-state index contributed by atoms with van der Waals surface area (Å²) < 4.78 is 0. The van der Waals surface area contributed by atoms with E-state index < -0.39 is 0 Å². The standard InChI is InChI=1S/C7H9N2O/c1-6(10)7-3-8-5-9(2)4-7/h3-5H,1-2H3. The van der Waals surface area contributed by atoms with E-state index in [9.17, 15) is 4.79 Å². The Hall–Kier alpha value is -1.12. The van der Waals surface area contributed by atoms with Gasteiger partial charge in [0.25, 0.3) is 0 Å². The number of allylic oxidation sites excluding steroid dienone is 1. The summed E-state index contributed by atoms with van der Waals surface area (Å²) in [7, 11) is 1.83. The van der Waals surface area contributed by atoms with E-state index in [4.69, 9.17) is 0 Å². The van der Waals surface area contributed by atoms with E-state index >= 15 is 0 Å². The Bertz CT molecular complexity index is 206. The molecule has 3 nitrogen and oxygen atoms in total. The van der Waals surface area contributed by atoms with Gasteiger partial charge in [0.15, 0.2) is 12.5 Å². The Morgan fingerprint density at radius 3 is 2.80 bits per heavy atom. The summed E-state index contributed by atoms with van der Waals surface area (Å²) in [6.45, 7) is 3.17. The molecular weight excluding hydrogens is 128 g/mol. The predicted molar refractivity (Wildman–Crippen MR) is 39.3 cm³/mol. The van der Waals surface area contributed by atoms with Crippen LogP contribution in [0.5, 0.6) is 0 Å². The average Bonchev–Trinajstić information content (AvgIpc) is 1.88. The second-order valence-corrected chi connectivity index (χ2v) is 2.20. The Morgan fingerprint density at radius 1 is 1.70 bits per heavy atom. The highest BCUT2D eigenvalue weighted by Crippen LogP contribution is 2.03. The van der Waals surface area contributed by atoms with E-state index in [1.165, 1.54) is 6.92 Å². The van der Waals surface area contributed by atoms with Crippen LogP contribution in [0.3, 0.4) is 0 Å². The highest BCUT2D eigenvalue weighted by Gasteiger charge is 2.05. The van der Waals surface area contributed by atoms with Crippen LogP contribution in [0.2, 0.25) is 0 Å². The topological polar surface area (TPSA) is 32.7 Å². The molecule has 3 heteroatoms. The second kappa shape index (κ2) is 2.64. The fraction of sp³-hybridized carbons (Fsp3) is 0.286. The van der Waals surface area contributed by atoms with Gasteiger partial charge in [-0.15, -0.1) is 0 Å². The van der Waals surface area contributed by atoms with Crippen LogP contribution < -0.4 is 0 Å². The van der Waals surface area contributed by atoms with Crippen molar-refractivity contribution >= 4 is 12.0 Å². The molecule has 0 atom stereocenters. The average molecular weight is 137 g/mol. The summed E-state index contributed by atoms with van der Waals surface area (Å²) in [5.74, 6) is 0.0451. The lowest BCUT2D eigenvalue weighted by Crippen LogP contribution is -2.14. The molecular formula is C7H9N2O. The fourth-order valence-electron chi connectivity index (χ4n) is 0.687. The smallest absolute Gasteiger partial charge is 0.162 e. The van der Waals surface area contributed by atoms with Crippen LogP contribution in [0.1, 0.15) is 6.92 Å². The summed E-state index contributed by atoms with van der Waals surface area (Å²) in [4.78, 5) is 16.3. The van der Waals surface area contributed by atoms with Gasteiger partial charge in [-0.1, -0.05) is 0 Å². The van der Waals surface area contributed by atoms with Crippen LogP contribution >= 0.6 is 0 Å². The molecule has 0 spiro atoms. The van der Waals surface area contributed by atoms with Gasteiger partial charge in [-0.3, -0.25) is 9.79 Å². The van der Waals surface area contributed by atoms with E-state index in [1.54, 1.807) is 24.0 Å². The van der Waals surface area contributed by atoms with Gasteiger partial charge in [-0.2, -0.15) is 0 Å². The summed E-state index contributed by atoms with van der Waals surface area (Å²) in [5, 5.41) is 0. The van der Waals surface area contributed by atoms with Gasteiger partial charge in [0.1, 0.15) is 0 Å². The molecule has 0 aromatic rings. The molecule has 53 valence electrons. The minimum Gasteiger partial charge on any atom is -0.355 e. The number of rotatable bonds is 1. The van der Waals surface area contributed by atoms with Gasteiger partial charge < -0.3 is 4.90 Å². The van der Waals surface area contributed by atoms with Crippen LogP contribution in [-0.2, 0) is 4.79 Å². The number of ketones is 1. The number of carbonyl (C=O) groups is 1. The Kier molecular flexibility index (Phi) is 1.85. The summed E-state index contributed by atoms with van der Waals surface area (Å²) >= 11 is 0. The first-order valence-corrected chi connectivity index (χ1v) is 3.01. The van der Waals surface area contributed by atoms with Crippen molar-refractivity contribution in [3.05, 3.63) is 18.4 Å². The highest BCUT2D eigenvalue weighted by molar-refractivity contribution is 6.12. The first-order valence-electron chi connectivity index (χ1n) is 3.01. The zero-order chi connectivity index (χ0) is 7.56. The molecule has 0 bridgehead atoms. The molecule has 0 saturated heterocycles. The molecule has 0 fully saturated rings. The third-order valence-corrected chi connectivity index (χ3v) is 1.21. The van der Waals surface area contributed by atoms with Gasteiger partial charge in [0.2, 0.25) is 0 Å². The number of Topliss-reactive ketones (excluding diaryl/α,β-unsaturated/α-hetero) is 1. The SMILES string of the molecule is CC(=O)C1=CN(C)[CH]N=C1. The highest BCUT2D eigenvalue weighted by atomic mass is 16.1. The lowest BCUT2D eigenvalue weighted by Gasteiger charge is -2.14. The lowest BCUT2D eigenvalue weighted by molar-refractivity contribution is -0.113. The third kappa shape index (κ3) is 1.43. The molecule has 1 aliphatic heterocycles. The molecule has 0 aromatic carbocycles. The van der Waals surface area contributed by atoms with Crippen molar-refractivity contribution in [3.8, 4) is 0 Å². The van der Waals surface area contributed by atoms with E-state index in [0.717, 1.165) is 0 Å². The van der Waals surface area contributed by atoms with Crippen molar-refractivity contribution in [2.24, 2.45) is 4.99 Å². The number of hydrogen-bond donors (Lipinski definition) is 0. The Labute approximate surface area is 60.1 Å². The van der Waals surface area contributed by atoms with E-state index in [1.807, 2.05) is 7.05 Å². The van der Waals surface area contributed by atoms with Crippen LogP contribution in [0, 0.1) is 6.67 Å². The normalized spacial score (nSPS) is 17.0. The van der Waals surface area contributed by atoms with Gasteiger partial charge >= 0.3 is 0 Å². The van der Waals surface area contributed by atoms with Crippen LogP contribution in [-0.4, -0.2) is 23.9 Å². The van der Waals surface area contributed by atoms with E-state index in [0.29, 0.717) is 5.57 Å². The summed E-state index contributed by atoms with van der Waals surface area (Å²) in [6.07, 6.45) is 3.30. The van der Waals surface area contributed by atoms with Crippen LogP contribution in [0.15, 0.2) is 16.8 Å². The van der Waals surface area contributed by atoms with E-state index in [2.05, 4.69) is 4.99 Å². The maximum atomic E-state index is 10.7. The third-order valence-electron chi connectivity index (χ3n) is 1.21. The van der Waals surface area contributed by atoms with E-state index in [-0.39, 0.29) is 5.78 Å². The predicted octanol–water partition coefficient (Wildman–Crippen LogP) is 0.595. The van der Waals surface area contributed by atoms with Crippen LogP contribution in [0.4, 0.5) is 0 Å². The first kappa shape index (κ1) is 6.99. The van der Waals surface area contributed by atoms with Gasteiger partial charge in [0.05, 0.1) is 5.57 Å². The summed E-state index contributed by atoms with van der Waals surface area (Å²) in [6, 6.07) is 0. The molecule has 1 heterocycles. The Morgan fingerprint density at radius 2 is 2.40 bits per heavy atom. The number of hydrogen-bond acceptors (Lipinski definition) is 3. The van der Waals surface area contributed by atoms with Crippen LogP contribution in [0.25, 0.3) is 0 Å². The van der Waals surface area contributed by atoms with Gasteiger partial charge in [-0.25, -0.2) is 0 Å². The van der Waals surface area contributed by atoms with Gasteiger partial charge in [0, 0.05) is 19.5 Å². The largest absolute Gasteiger partial charge is 0.355 e. The maximum absolute atomic E-state index is 10.7. The maximum Gasteiger partial charge on any atom is 0.162 e. The molecule has 0 aromatic heterocycles. The number of carbonyl (C=O) groups excluding carboxylic acids is 1. The van der Waals surface area contributed by atoms with Crippen molar-refractivity contribution in [1.29, 1.82) is 0 Å². The fourth-order valence-corrected chi connectivity index (χ4v) is 0.687. The molecule has 1 aliphatic rings. The zero-order valence-corrected chi connectivity index (χ0v) is 6.03. The Balaban J connectivity index is 2.76. The number of nitrogens with zero attached hydrogens (tertiary/aromatic N) is 2. The first-order chi connectivity index (χ1) is 4.70.